The van der Waals surface area contributed by atoms with Crippen molar-refractivity contribution in [2.75, 3.05) is 0 Å². The van der Waals surface area contributed by atoms with Gasteiger partial charge in [0.15, 0.2) is 8.07 Å². The van der Waals surface area contributed by atoms with Crippen LogP contribution in [0, 0.1) is 0 Å². The third-order valence-corrected chi connectivity index (χ3v) is 20.8. The van der Waals surface area contributed by atoms with Crippen molar-refractivity contribution < 1.29 is 0 Å². The number of hydrogen-bond acceptors (Lipinski definition) is 3. The van der Waals surface area contributed by atoms with Crippen LogP contribution in [0.3, 0.4) is 0 Å². The highest BCUT2D eigenvalue weighted by atomic mass is 28.3. The second kappa shape index (κ2) is 16.9. The zero-order valence-electron chi connectivity index (χ0n) is 41.6. The summed E-state index contributed by atoms with van der Waals surface area (Å²) in [5.41, 5.74) is 9.42. The Labute approximate surface area is 443 Å². The molecule has 0 fully saturated rings. The number of aromatic nitrogens is 7. The lowest BCUT2D eigenvalue weighted by Gasteiger charge is -2.34. The van der Waals surface area contributed by atoms with Crippen LogP contribution in [0.5, 0.6) is 0 Å². The summed E-state index contributed by atoms with van der Waals surface area (Å²) in [5.74, 6) is 1.59. The van der Waals surface area contributed by atoms with Gasteiger partial charge in [-0.25, -0.2) is 0 Å². The molecule has 77 heavy (non-hydrogen) atoms. The first-order valence-corrected chi connectivity index (χ1v) is 28.2. The lowest BCUT2D eigenvalue weighted by Crippen LogP contribution is -2.74. The molecule has 0 N–H and O–H groups in total. The molecular formula is C69H45N7Si. The Hall–Kier alpha value is -10.2. The Bertz CT molecular complexity index is 4660. The molecule has 0 radical (unpaired) electrons. The molecule has 0 atom stereocenters. The van der Waals surface area contributed by atoms with Gasteiger partial charge in [0.25, 0.3) is 0 Å². The third-order valence-electron chi connectivity index (χ3n) is 16.0. The zero-order chi connectivity index (χ0) is 50.6. The first-order valence-electron chi connectivity index (χ1n) is 26.2. The molecule has 5 heterocycles. The molecule has 0 aliphatic heterocycles. The van der Waals surface area contributed by atoms with Crippen LogP contribution in [0.1, 0.15) is 0 Å². The van der Waals surface area contributed by atoms with Crippen LogP contribution < -0.4 is 20.7 Å². The lowest BCUT2D eigenvalue weighted by molar-refractivity contribution is 0.848. The molecule has 7 nitrogen and oxygen atoms in total. The fraction of sp³-hybridized carbons (Fsp3) is 0. The summed E-state index contributed by atoms with van der Waals surface area (Å²) in [6.45, 7) is 0. The van der Waals surface area contributed by atoms with E-state index in [-0.39, 0.29) is 0 Å². The molecule has 0 bridgehead atoms. The molecule has 0 spiro atoms. The molecule has 5 aromatic heterocycles. The van der Waals surface area contributed by atoms with E-state index in [2.05, 4.69) is 291 Å². The maximum Gasteiger partial charge on any atom is 0.241 e. The monoisotopic (exact) mass is 999 g/mol. The topological polar surface area (TPSA) is 58.4 Å². The average Bonchev–Trinajstić information content (AvgIpc) is 4.33. The van der Waals surface area contributed by atoms with E-state index in [1.54, 1.807) is 0 Å². The normalized spacial score (nSPS) is 12.2. The maximum atomic E-state index is 5.65. The lowest BCUT2D eigenvalue weighted by atomic mass is 10.1. The number of rotatable bonds is 8. The van der Waals surface area contributed by atoms with Gasteiger partial charge < -0.3 is 4.57 Å². The van der Waals surface area contributed by atoms with Crippen molar-refractivity contribution in [1.82, 2.24) is 33.2 Å². The standard InChI is InChI=1S/C69H45N7Si/c1-4-24-47(25-5-1)77(48-26-6-2-7-27-48,49-28-8-3-9-29-49)50-30-22-23-46(45-50)73-63-42-21-15-36-57(63)65-64(73)44-43-56-55-35-14-20-41-62(55)76(66(56)65)69-71-67(74-58-37-16-10-31-51(58)52-32-11-17-38-59(52)74)70-68(72-69)75-60-39-18-12-33-53(60)54-34-13-19-40-61(54)75/h1-45H. The summed E-state index contributed by atoms with van der Waals surface area (Å²) in [6.07, 6.45) is 0. The molecule has 0 aliphatic rings. The third kappa shape index (κ3) is 6.27. The summed E-state index contributed by atoms with van der Waals surface area (Å²) in [7, 11) is -2.87. The Kier molecular flexibility index (Phi) is 9.52. The Morgan fingerprint density at radius 3 is 1.01 bits per heavy atom. The molecule has 360 valence electrons. The highest BCUT2D eigenvalue weighted by Gasteiger charge is 2.41. The highest BCUT2D eigenvalue weighted by Crippen LogP contribution is 2.42. The van der Waals surface area contributed by atoms with Crippen molar-refractivity contribution in [3.8, 4) is 23.5 Å². The first kappa shape index (κ1) is 43.3. The van der Waals surface area contributed by atoms with Gasteiger partial charge in [0.1, 0.15) is 0 Å². The van der Waals surface area contributed by atoms with Crippen LogP contribution >= 0.6 is 0 Å². The molecule has 0 unspecified atom stereocenters. The molecule has 11 aromatic carbocycles. The SMILES string of the molecule is c1ccc([Si](c2ccccc2)(c2ccccc2)c2cccc(-n3c4ccccc4c4c3ccc3c5ccccc5n(-c5nc(-n6c7ccccc7c7ccccc76)nc(-n6c7ccccc7c7ccccc76)n5)c34)c2)cc1. The molecule has 0 amide bonds. The van der Waals surface area contributed by atoms with Crippen molar-refractivity contribution in [2.24, 2.45) is 0 Å². The van der Waals surface area contributed by atoms with Crippen LogP contribution in [0.2, 0.25) is 0 Å². The molecule has 16 rings (SSSR count). The summed E-state index contributed by atoms with van der Waals surface area (Å²) in [4.78, 5) is 16.8. The van der Waals surface area contributed by atoms with E-state index in [0.717, 1.165) is 92.9 Å². The minimum atomic E-state index is -2.87. The first-order chi connectivity index (χ1) is 38.2. The highest BCUT2D eigenvalue weighted by molar-refractivity contribution is 7.19. The quantitative estimate of drug-likeness (QED) is 0.113. The summed E-state index contributed by atoms with van der Waals surface area (Å²) in [6, 6.07) is 99.2. The molecule has 0 aliphatic carbocycles. The van der Waals surface area contributed by atoms with Crippen LogP contribution in [0.4, 0.5) is 0 Å². The Morgan fingerprint density at radius 2 is 0.571 bits per heavy atom. The van der Waals surface area contributed by atoms with E-state index in [9.17, 15) is 0 Å². The molecule has 0 saturated carbocycles. The predicted octanol–water partition coefficient (Wildman–Crippen LogP) is 13.6. The maximum absolute atomic E-state index is 5.65. The van der Waals surface area contributed by atoms with Crippen LogP contribution in [-0.2, 0) is 0 Å². The van der Waals surface area contributed by atoms with E-state index < -0.39 is 8.07 Å². The summed E-state index contributed by atoms with van der Waals surface area (Å²) >= 11 is 0. The van der Waals surface area contributed by atoms with E-state index >= 15 is 0 Å². The van der Waals surface area contributed by atoms with Crippen molar-refractivity contribution in [1.29, 1.82) is 0 Å². The molecule has 8 heteroatoms. The Morgan fingerprint density at radius 1 is 0.234 bits per heavy atom. The average molecular weight is 1000 g/mol. The van der Waals surface area contributed by atoms with Gasteiger partial charge in [-0.05, 0) is 75.3 Å². The van der Waals surface area contributed by atoms with Gasteiger partial charge >= 0.3 is 0 Å². The van der Waals surface area contributed by atoms with E-state index in [0.29, 0.717) is 17.8 Å². The largest absolute Gasteiger partial charge is 0.309 e. The van der Waals surface area contributed by atoms with Crippen LogP contribution in [-0.4, -0.2) is 41.3 Å². The van der Waals surface area contributed by atoms with E-state index in [4.69, 9.17) is 15.0 Å². The smallest absolute Gasteiger partial charge is 0.241 e. The second-order valence-electron chi connectivity index (χ2n) is 19.9. The van der Waals surface area contributed by atoms with E-state index in [1.165, 1.54) is 20.7 Å². The summed E-state index contributed by atoms with van der Waals surface area (Å²) in [5, 5.41) is 14.3. The van der Waals surface area contributed by atoms with Gasteiger partial charge in [-0.3, -0.25) is 13.7 Å². The molecular weight excluding hydrogens is 955 g/mol. The minimum Gasteiger partial charge on any atom is -0.309 e. The Balaban J connectivity index is 1.01. The number of para-hydroxylation sites is 6. The van der Waals surface area contributed by atoms with Gasteiger partial charge in [-0.2, -0.15) is 15.0 Å². The van der Waals surface area contributed by atoms with Crippen molar-refractivity contribution >= 4 is 116 Å². The van der Waals surface area contributed by atoms with Gasteiger partial charge in [0.2, 0.25) is 17.8 Å². The number of benzene rings is 11. The minimum absolute atomic E-state index is 0.524. The van der Waals surface area contributed by atoms with Crippen molar-refractivity contribution in [3.63, 3.8) is 0 Å². The fourth-order valence-electron chi connectivity index (χ4n) is 12.9. The van der Waals surface area contributed by atoms with Gasteiger partial charge in [-0.15, -0.1) is 0 Å². The second-order valence-corrected chi connectivity index (χ2v) is 23.7. The summed E-state index contributed by atoms with van der Waals surface area (Å²) < 4.78 is 9.18. The number of nitrogens with zero attached hydrogens (tertiary/aromatic N) is 7. The zero-order valence-corrected chi connectivity index (χ0v) is 42.6. The molecule has 0 saturated heterocycles. The van der Waals surface area contributed by atoms with E-state index in [1.807, 2.05) is 0 Å². The number of fused-ring (bicyclic) bond motifs is 13. The van der Waals surface area contributed by atoms with Gasteiger partial charge in [0, 0.05) is 48.8 Å². The number of hydrogen-bond donors (Lipinski definition) is 0. The van der Waals surface area contributed by atoms with Crippen LogP contribution in [0.25, 0.3) is 111 Å². The van der Waals surface area contributed by atoms with Crippen molar-refractivity contribution in [3.05, 3.63) is 273 Å². The predicted molar refractivity (Wildman–Crippen MR) is 321 cm³/mol. The van der Waals surface area contributed by atoms with Gasteiger partial charge in [-0.1, -0.05) is 218 Å². The van der Waals surface area contributed by atoms with Gasteiger partial charge in [0.05, 0.1) is 44.1 Å². The van der Waals surface area contributed by atoms with Crippen LogP contribution in [0.15, 0.2) is 273 Å². The molecule has 16 aromatic rings. The fourth-order valence-corrected chi connectivity index (χ4v) is 17.6. The van der Waals surface area contributed by atoms with Crippen molar-refractivity contribution in [2.45, 2.75) is 0 Å².